The summed E-state index contributed by atoms with van der Waals surface area (Å²) in [5.41, 5.74) is 3.18. The van der Waals surface area contributed by atoms with Gasteiger partial charge < -0.3 is 10.2 Å². The molecule has 3 heteroatoms. The zero-order valence-electron chi connectivity index (χ0n) is 15.1. The Hall–Kier alpha value is -1.61. The fourth-order valence-corrected chi connectivity index (χ4v) is 4.89. The molecule has 0 heterocycles. The zero-order valence-corrected chi connectivity index (χ0v) is 15.1. The van der Waals surface area contributed by atoms with Crippen LogP contribution in [0.15, 0.2) is 18.7 Å². The fraction of sp³-hybridized carbons (Fsp3) is 0.571. The van der Waals surface area contributed by atoms with E-state index in [1.807, 2.05) is 13.0 Å². The average molecular weight is 328 g/mol. The molecule has 1 aromatic rings. The Morgan fingerprint density at radius 1 is 1.33 bits per heavy atom. The van der Waals surface area contributed by atoms with Crippen LogP contribution in [-0.4, -0.2) is 22.6 Å². The zero-order chi connectivity index (χ0) is 17.9. The number of carbonyl (C=O) groups is 1. The van der Waals surface area contributed by atoms with E-state index in [4.69, 9.17) is 0 Å². The lowest BCUT2D eigenvalue weighted by atomic mass is 9.49. The van der Waals surface area contributed by atoms with Crippen molar-refractivity contribution in [3.8, 4) is 5.75 Å². The summed E-state index contributed by atoms with van der Waals surface area (Å²) in [7, 11) is 0. The van der Waals surface area contributed by atoms with Crippen molar-refractivity contribution in [1.29, 1.82) is 0 Å². The van der Waals surface area contributed by atoms with E-state index < -0.39 is 5.41 Å². The maximum Gasteiger partial charge on any atom is 0.141 e. The maximum absolute atomic E-state index is 12.5. The maximum atomic E-state index is 12.5. The van der Waals surface area contributed by atoms with Gasteiger partial charge in [-0.2, -0.15) is 0 Å². The molecule has 3 rings (SSSR count). The van der Waals surface area contributed by atoms with Crippen molar-refractivity contribution in [2.24, 2.45) is 11.3 Å². The van der Waals surface area contributed by atoms with Gasteiger partial charge in [-0.25, -0.2) is 0 Å². The summed E-state index contributed by atoms with van der Waals surface area (Å²) in [6.07, 6.45) is 1.95. The molecule has 24 heavy (non-hydrogen) atoms. The highest BCUT2D eigenvalue weighted by Gasteiger charge is 2.56. The first kappa shape index (κ1) is 17.2. The van der Waals surface area contributed by atoms with E-state index in [0.29, 0.717) is 18.6 Å². The second-order valence-corrected chi connectivity index (χ2v) is 8.39. The first-order chi connectivity index (χ1) is 11.1. The number of aromatic hydroxyl groups is 1. The second-order valence-electron chi connectivity index (χ2n) is 8.39. The van der Waals surface area contributed by atoms with Gasteiger partial charge in [0.1, 0.15) is 11.5 Å². The summed E-state index contributed by atoms with van der Waals surface area (Å²) in [6, 6.07) is 3.96. The predicted molar refractivity (Wildman–Crippen MR) is 96.1 cm³/mol. The van der Waals surface area contributed by atoms with Gasteiger partial charge in [-0.05, 0) is 64.5 Å². The van der Waals surface area contributed by atoms with Crippen LogP contribution in [0.1, 0.15) is 69.6 Å². The van der Waals surface area contributed by atoms with E-state index in [0.717, 1.165) is 28.7 Å². The topological polar surface area (TPSA) is 57.5 Å². The highest BCUT2D eigenvalue weighted by atomic mass is 16.3. The number of carbonyl (C=O) groups excluding carboxylic acids is 1. The molecule has 0 spiro atoms. The van der Waals surface area contributed by atoms with Crippen molar-refractivity contribution in [3.63, 3.8) is 0 Å². The number of phenols is 1. The molecular weight excluding hydrogens is 300 g/mol. The Morgan fingerprint density at radius 3 is 2.58 bits per heavy atom. The Bertz CT molecular complexity index is 718. The highest BCUT2D eigenvalue weighted by molar-refractivity contribution is 5.88. The molecule has 1 aromatic carbocycles. The lowest BCUT2D eigenvalue weighted by Gasteiger charge is -2.54. The molecule has 2 aliphatic rings. The molecule has 3 atom stereocenters. The number of hydrogen-bond donors (Lipinski definition) is 2. The Balaban J connectivity index is 2.21. The van der Waals surface area contributed by atoms with Gasteiger partial charge >= 0.3 is 0 Å². The SMILES string of the molecule is C=C1C[C@H]2[C@@](C)(CO)C(=O)CC[C@]2(C)c2cc(O)c(C(C)C)cc21. The van der Waals surface area contributed by atoms with Crippen molar-refractivity contribution in [1.82, 2.24) is 0 Å². The summed E-state index contributed by atoms with van der Waals surface area (Å²) in [5.74, 6) is 0.720. The van der Waals surface area contributed by atoms with E-state index >= 15 is 0 Å². The van der Waals surface area contributed by atoms with E-state index in [1.54, 1.807) is 0 Å². The summed E-state index contributed by atoms with van der Waals surface area (Å²) in [5, 5.41) is 20.5. The molecule has 0 unspecified atom stereocenters. The van der Waals surface area contributed by atoms with Gasteiger partial charge in [0.2, 0.25) is 0 Å². The van der Waals surface area contributed by atoms with E-state index in [9.17, 15) is 15.0 Å². The third-order valence-corrected chi connectivity index (χ3v) is 6.61. The number of allylic oxidation sites excluding steroid dienone is 1. The van der Waals surface area contributed by atoms with Crippen LogP contribution in [0.5, 0.6) is 5.75 Å². The van der Waals surface area contributed by atoms with Gasteiger partial charge in [-0.1, -0.05) is 34.3 Å². The number of phenolic OH excluding ortho intramolecular Hbond substituents is 1. The van der Waals surface area contributed by atoms with Gasteiger partial charge in [0.25, 0.3) is 0 Å². The van der Waals surface area contributed by atoms with Crippen molar-refractivity contribution >= 4 is 11.4 Å². The number of aliphatic hydroxyl groups is 1. The van der Waals surface area contributed by atoms with Crippen LogP contribution < -0.4 is 0 Å². The molecule has 0 saturated heterocycles. The number of rotatable bonds is 2. The average Bonchev–Trinajstić information content (AvgIpc) is 2.53. The monoisotopic (exact) mass is 328 g/mol. The van der Waals surface area contributed by atoms with Gasteiger partial charge in [-0.15, -0.1) is 0 Å². The molecule has 3 nitrogen and oxygen atoms in total. The Morgan fingerprint density at radius 2 is 2.00 bits per heavy atom. The second kappa shape index (κ2) is 5.45. The standard InChI is InChI=1S/C21H28O3/c1-12(2)14-9-15-13(3)8-18-20(4,16(15)10-17(14)23)7-6-19(24)21(18,5)11-22/h9-10,12,18,22-23H,3,6-8,11H2,1-2,4-5H3/t18-,20-,21-/m1/s1. The molecule has 0 aromatic heterocycles. The Kier molecular flexibility index (Phi) is 3.91. The van der Waals surface area contributed by atoms with Gasteiger partial charge in [-0.3, -0.25) is 4.79 Å². The van der Waals surface area contributed by atoms with Crippen molar-refractivity contribution in [2.75, 3.05) is 6.61 Å². The highest BCUT2D eigenvalue weighted by Crippen LogP contribution is 2.58. The summed E-state index contributed by atoms with van der Waals surface area (Å²) >= 11 is 0. The van der Waals surface area contributed by atoms with Crippen LogP contribution >= 0.6 is 0 Å². The first-order valence-corrected chi connectivity index (χ1v) is 8.85. The summed E-state index contributed by atoms with van der Waals surface area (Å²) < 4.78 is 0. The number of hydrogen-bond acceptors (Lipinski definition) is 3. The van der Waals surface area contributed by atoms with Gasteiger partial charge in [0.05, 0.1) is 12.0 Å². The lowest BCUT2D eigenvalue weighted by molar-refractivity contribution is -0.141. The summed E-state index contributed by atoms with van der Waals surface area (Å²) in [4.78, 5) is 12.5. The van der Waals surface area contributed by atoms with Crippen LogP contribution in [0.3, 0.4) is 0 Å². The molecule has 2 N–H and O–H groups in total. The minimum Gasteiger partial charge on any atom is -0.508 e. The number of ketones is 1. The number of Topliss-reactive ketones (excluding diaryl/α,β-unsaturated/α-hetero) is 1. The summed E-state index contributed by atoms with van der Waals surface area (Å²) in [6.45, 7) is 12.3. The quantitative estimate of drug-likeness (QED) is 0.857. The molecule has 0 bridgehead atoms. The van der Waals surface area contributed by atoms with Gasteiger partial charge in [0.15, 0.2) is 0 Å². The number of benzene rings is 1. The van der Waals surface area contributed by atoms with Crippen molar-refractivity contribution in [3.05, 3.63) is 35.4 Å². The van der Waals surface area contributed by atoms with Crippen LogP contribution in [0, 0.1) is 11.3 Å². The third kappa shape index (κ3) is 2.17. The largest absolute Gasteiger partial charge is 0.508 e. The lowest BCUT2D eigenvalue weighted by Crippen LogP contribution is -2.54. The first-order valence-electron chi connectivity index (χ1n) is 8.85. The Labute approximate surface area is 144 Å². The molecule has 1 saturated carbocycles. The molecule has 1 fully saturated rings. The molecule has 0 radical (unpaired) electrons. The third-order valence-electron chi connectivity index (χ3n) is 6.61. The minimum absolute atomic E-state index is 0.0144. The van der Waals surface area contributed by atoms with E-state index in [2.05, 4.69) is 33.4 Å². The van der Waals surface area contributed by atoms with Crippen molar-refractivity contribution in [2.45, 2.75) is 58.3 Å². The predicted octanol–water partition coefficient (Wildman–Crippen LogP) is 4.17. The number of fused-ring (bicyclic) bond motifs is 3. The molecular formula is C21H28O3. The smallest absolute Gasteiger partial charge is 0.141 e. The minimum atomic E-state index is -0.736. The molecule has 2 aliphatic carbocycles. The molecule has 0 aliphatic heterocycles. The van der Waals surface area contributed by atoms with E-state index in [1.165, 1.54) is 0 Å². The van der Waals surface area contributed by atoms with Crippen LogP contribution in [0.4, 0.5) is 0 Å². The normalized spacial score (nSPS) is 32.7. The van der Waals surface area contributed by atoms with E-state index in [-0.39, 0.29) is 29.6 Å². The fourth-order valence-electron chi connectivity index (χ4n) is 4.89. The van der Waals surface area contributed by atoms with Crippen LogP contribution in [-0.2, 0) is 10.2 Å². The van der Waals surface area contributed by atoms with Crippen molar-refractivity contribution < 1.29 is 15.0 Å². The molecule has 130 valence electrons. The number of aliphatic hydroxyl groups excluding tert-OH is 1. The molecule has 0 amide bonds. The van der Waals surface area contributed by atoms with Crippen LogP contribution in [0.25, 0.3) is 5.57 Å². The van der Waals surface area contributed by atoms with Gasteiger partial charge in [0, 0.05) is 6.42 Å². The van der Waals surface area contributed by atoms with Crippen LogP contribution in [0.2, 0.25) is 0 Å².